The lowest BCUT2D eigenvalue weighted by Gasteiger charge is -2.50. The van der Waals surface area contributed by atoms with Crippen molar-refractivity contribution in [2.24, 2.45) is 0 Å². The van der Waals surface area contributed by atoms with E-state index in [1.165, 1.54) is 9.21 Å². The van der Waals surface area contributed by atoms with Crippen LogP contribution in [0.4, 0.5) is 4.79 Å². The molecule has 7 nitrogen and oxygen atoms in total. The van der Waals surface area contributed by atoms with E-state index in [-0.39, 0.29) is 30.4 Å². The van der Waals surface area contributed by atoms with Crippen LogP contribution >= 0.6 is 0 Å². The van der Waals surface area contributed by atoms with Gasteiger partial charge in [-0.3, -0.25) is 9.69 Å². The van der Waals surface area contributed by atoms with Gasteiger partial charge in [0, 0.05) is 19.5 Å². The standard InChI is InChI=1S/C24H28N2O5S/c1-19-8-10-22(11-9-19)32(29,30)25-15-5-13-24(18-25)14-12-21(27)16-26(24)23(28)31-17-20-6-3-2-4-7-20/h2-4,6-11H,5,12-18H2,1H3. The van der Waals surface area contributed by atoms with Crippen molar-refractivity contribution in [3.8, 4) is 0 Å². The molecule has 0 bridgehead atoms. The average Bonchev–Trinajstić information content (AvgIpc) is 2.80. The highest BCUT2D eigenvalue weighted by molar-refractivity contribution is 7.89. The number of ketones is 1. The van der Waals surface area contributed by atoms with Gasteiger partial charge in [0.05, 0.1) is 17.0 Å². The molecule has 2 aromatic rings. The van der Waals surface area contributed by atoms with Crippen LogP contribution in [0.15, 0.2) is 59.5 Å². The van der Waals surface area contributed by atoms with Crippen molar-refractivity contribution >= 4 is 21.9 Å². The molecular weight excluding hydrogens is 428 g/mol. The number of likely N-dealkylation sites (tertiary alicyclic amines) is 1. The van der Waals surface area contributed by atoms with Crippen LogP contribution in [0.5, 0.6) is 0 Å². The average molecular weight is 457 g/mol. The third kappa shape index (κ3) is 4.56. The van der Waals surface area contributed by atoms with E-state index in [1.807, 2.05) is 37.3 Å². The van der Waals surface area contributed by atoms with Crippen molar-refractivity contribution in [1.29, 1.82) is 0 Å². The lowest BCUT2D eigenvalue weighted by atomic mass is 9.80. The maximum Gasteiger partial charge on any atom is 0.411 e. The number of piperidine rings is 2. The number of carbonyl (C=O) groups excluding carboxylic acids is 2. The van der Waals surface area contributed by atoms with Gasteiger partial charge in [-0.1, -0.05) is 48.0 Å². The van der Waals surface area contributed by atoms with E-state index < -0.39 is 21.7 Å². The minimum Gasteiger partial charge on any atom is -0.445 e. The van der Waals surface area contributed by atoms with Gasteiger partial charge in [0.15, 0.2) is 5.78 Å². The number of hydrogen-bond donors (Lipinski definition) is 0. The maximum atomic E-state index is 13.3. The van der Waals surface area contributed by atoms with Gasteiger partial charge in [-0.2, -0.15) is 4.31 Å². The van der Waals surface area contributed by atoms with Crippen LogP contribution in [-0.4, -0.2) is 54.7 Å². The SMILES string of the molecule is Cc1ccc(S(=O)(=O)N2CCCC3(CCC(=O)CN3C(=O)OCc3ccccc3)C2)cc1. The minimum absolute atomic E-state index is 0.0363. The zero-order valence-electron chi connectivity index (χ0n) is 18.2. The highest BCUT2D eigenvalue weighted by Gasteiger charge is 2.49. The molecule has 0 aliphatic carbocycles. The number of amides is 1. The Kier molecular flexibility index (Phi) is 6.35. The summed E-state index contributed by atoms with van der Waals surface area (Å²) in [6, 6.07) is 16.1. The van der Waals surface area contributed by atoms with Crippen molar-refractivity contribution in [3.63, 3.8) is 0 Å². The van der Waals surface area contributed by atoms with Crippen molar-refractivity contribution in [1.82, 2.24) is 9.21 Å². The van der Waals surface area contributed by atoms with E-state index in [4.69, 9.17) is 4.74 Å². The summed E-state index contributed by atoms with van der Waals surface area (Å²) in [5, 5.41) is 0. The molecule has 0 aromatic heterocycles. The molecule has 1 atom stereocenters. The molecule has 2 fully saturated rings. The first-order valence-corrected chi connectivity index (χ1v) is 12.3. The molecule has 1 spiro atoms. The Labute approximate surface area is 189 Å². The Morgan fingerprint density at radius 3 is 2.50 bits per heavy atom. The highest BCUT2D eigenvalue weighted by Crippen LogP contribution is 2.37. The van der Waals surface area contributed by atoms with Gasteiger partial charge in [-0.15, -0.1) is 0 Å². The van der Waals surface area contributed by atoms with Gasteiger partial charge in [0.25, 0.3) is 0 Å². The van der Waals surface area contributed by atoms with Crippen LogP contribution in [0.25, 0.3) is 0 Å². The van der Waals surface area contributed by atoms with Gasteiger partial charge in [-0.05, 0) is 43.9 Å². The van der Waals surface area contributed by atoms with E-state index in [0.717, 1.165) is 11.1 Å². The molecule has 32 heavy (non-hydrogen) atoms. The van der Waals surface area contributed by atoms with E-state index in [0.29, 0.717) is 32.2 Å². The number of benzene rings is 2. The molecule has 4 rings (SSSR count). The molecule has 0 radical (unpaired) electrons. The smallest absolute Gasteiger partial charge is 0.411 e. The quantitative estimate of drug-likeness (QED) is 0.703. The summed E-state index contributed by atoms with van der Waals surface area (Å²) in [5.74, 6) is -0.0363. The number of aryl methyl sites for hydroxylation is 1. The van der Waals surface area contributed by atoms with Gasteiger partial charge in [-0.25, -0.2) is 13.2 Å². The molecule has 2 saturated heterocycles. The molecule has 2 aliphatic heterocycles. The third-order valence-electron chi connectivity index (χ3n) is 6.38. The molecule has 0 N–H and O–H groups in total. The summed E-state index contributed by atoms with van der Waals surface area (Å²) in [6.45, 7) is 2.51. The van der Waals surface area contributed by atoms with Gasteiger partial charge in [0.1, 0.15) is 6.61 Å². The lowest BCUT2D eigenvalue weighted by Crippen LogP contribution is -2.64. The second kappa shape index (κ2) is 9.03. The predicted molar refractivity (Wildman–Crippen MR) is 119 cm³/mol. The van der Waals surface area contributed by atoms with Gasteiger partial charge >= 0.3 is 6.09 Å². The van der Waals surface area contributed by atoms with E-state index in [2.05, 4.69) is 0 Å². The van der Waals surface area contributed by atoms with E-state index >= 15 is 0 Å². The monoisotopic (exact) mass is 456 g/mol. The number of nitrogens with zero attached hydrogens (tertiary/aromatic N) is 2. The van der Waals surface area contributed by atoms with Crippen LogP contribution in [0.1, 0.15) is 36.8 Å². The second-order valence-corrected chi connectivity index (χ2v) is 10.6. The molecule has 0 saturated carbocycles. The fourth-order valence-electron chi connectivity index (χ4n) is 4.55. The summed E-state index contributed by atoms with van der Waals surface area (Å²) in [7, 11) is -3.70. The number of Topliss-reactive ketones (excluding diaryl/α,β-unsaturated/α-hetero) is 1. The summed E-state index contributed by atoms with van der Waals surface area (Å²) in [5.41, 5.74) is 1.10. The second-order valence-electron chi connectivity index (χ2n) is 8.64. The fourth-order valence-corrected chi connectivity index (χ4v) is 6.10. The fraction of sp³-hybridized carbons (Fsp3) is 0.417. The number of sulfonamides is 1. The lowest BCUT2D eigenvalue weighted by molar-refractivity contribution is -0.127. The number of ether oxygens (including phenoxy) is 1. The van der Waals surface area contributed by atoms with Gasteiger partial charge in [0.2, 0.25) is 10.0 Å². The molecule has 1 unspecified atom stereocenters. The minimum atomic E-state index is -3.70. The zero-order chi connectivity index (χ0) is 22.8. The van der Waals surface area contributed by atoms with Crippen molar-refractivity contribution in [2.75, 3.05) is 19.6 Å². The van der Waals surface area contributed by atoms with Crippen LogP contribution in [0, 0.1) is 6.92 Å². The molecule has 2 aromatic carbocycles. The molecule has 1 amide bonds. The first kappa shape index (κ1) is 22.5. The molecular formula is C24H28N2O5S. The summed E-state index contributed by atoms with van der Waals surface area (Å²) in [4.78, 5) is 27.0. The number of rotatable bonds is 4. The maximum absolute atomic E-state index is 13.3. The normalized spacial score (nSPS) is 22.2. The molecule has 2 aliphatic rings. The van der Waals surface area contributed by atoms with Crippen molar-refractivity contribution < 1.29 is 22.7 Å². The zero-order valence-corrected chi connectivity index (χ0v) is 19.0. The third-order valence-corrected chi connectivity index (χ3v) is 8.24. The molecule has 170 valence electrons. The Bertz CT molecular complexity index is 1090. The van der Waals surface area contributed by atoms with E-state index in [1.54, 1.807) is 24.3 Å². The number of carbonyl (C=O) groups is 2. The van der Waals surface area contributed by atoms with E-state index in [9.17, 15) is 18.0 Å². The predicted octanol–water partition coefficient (Wildman–Crippen LogP) is 3.52. The highest BCUT2D eigenvalue weighted by atomic mass is 32.2. The van der Waals surface area contributed by atoms with Crippen LogP contribution in [-0.2, 0) is 26.2 Å². The van der Waals surface area contributed by atoms with Gasteiger partial charge < -0.3 is 4.74 Å². The Balaban J connectivity index is 1.55. The van der Waals surface area contributed by atoms with Crippen molar-refractivity contribution in [3.05, 3.63) is 65.7 Å². The summed E-state index contributed by atoms with van der Waals surface area (Å²) < 4.78 is 33.6. The number of hydrogen-bond acceptors (Lipinski definition) is 5. The Morgan fingerprint density at radius 1 is 1.06 bits per heavy atom. The largest absolute Gasteiger partial charge is 0.445 e. The Hall–Kier alpha value is -2.71. The van der Waals surface area contributed by atoms with Crippen molar-refractivity contribution in [2.45, 2.75) is 49.6 Å². The molecule has 2 heterocycles. The summed E-state index contributed by atoms with van der Waals surface area (Å²) in [6.07, 6.45) is 1.45. The topological polar surface area (TPSA) is 84.0 Å². The van der Waals surface area contributed by atoms with Crippen LogP contribution in [0.3, 0.4) is 0 Å². The Morgan fingerprint density at radius 2 is 1.78 bits per heavy atom. The summed E-state index contributed by atoms with van der Waals surface area (Å²) >= 11 is 0. The van der Waals surface area contributed by atoms with Crippen LogP contribution < -0.4 is 0 Å². The van der Waals surface area contributed by atoms with Crippen LogP contribution in [0.2, 0.25) is 0 Å². The first-order chi connectivity index (χ1) is 15.3. The first-order valence-electron chi connectivity index (χ1n) is 10.9. The molecule has 8 heteroatoms.